The molecule has 5 nitrogen and oxygen atoms in total. The summed E-state index contributed by atoms with van der Waals surface area (Å²) in [6.07, 6.45) is 9.34. The molecule has 2 saturated carbocycles. The van der Waals surface area contributed by atoms with Gasteiger partial charge in [-0.1, -0.05) is 18.6 Å². The number of methoxy groups -OCH3 is 1. The number of nitrogens with two attached hydrogens (primary N) is 1. The molecule has 2 N–H and O–H groups in total. The van der Waals surface area contributed by atoms with Crippen molar-refractivity contribution in [1.29, 1.82) is 0 Å². The molecule has 4 atom stereocenters. The van der Waals surface area contributed by atoms with Crippen molar-refractivity contribution >= 4 is 10.3 Å². The fraction of sp³-hybridized carbons (Fsp3) is 0.619. The summed E-state index contributed by atoms with van der Waals surface area (Å²) in [5.74, 6) is 2.57. The Hall–Kier alpha value is -1.53. The van der Waals surface area contributed by atoms with Crippen molar-refractivity contribution in [3.8, 4) is 11.5 Å². The summed E-state index contributed by atoms with van der Waals surface area (Å²) in [5.41, 5.74) is 4.48. The van der Waals surface area contributed by atoms with Crippen molar-refractivity contribution in [3.63, 3.8) is 0 Å². The van der Waals surface area contributed by atoms with Gasteiger partial charge in [0.15, 0.2) is 11.5 Å². The molecule has 0 aromatic heterocycles. The van der Waals surface area contributed by atoms with Gasteiger partial charge in [-0.05, 0) is 91.9 Å². The Bertz CT molecular complexity index is 892. The second-order valence-corrected chi connectivity index (χ2v) is 9.65. The third kappa shape index (κ3) is 3.07. The highest BCUT2D eigenvalue weighted by Crippen LogP contribution is 2.63. The van der Waals surface area contributed by atoms with Gasteiger partial charge in [-0.15, -0.1) is 0 Å². The highest BCUT2D eigenvalue weighted by atomic mass is 32.2. The van der Waals surface area contributed by atoms with Gasteiger partial charge in [0.25, 0.3) is 0 Å². The van der Waals surface area contributed by atoms with Gasteiger partial charge in [0.05, 0.1) is 7.11 Å². The summed E-state index contributed by atoms with van der Waals surface area (Å²) < 4.78 is 33.1. The molecule has 6 heteroatoms. The van der Waals surface area contributed by atoms with Crippen molar-refractivity contribution in [2.45, 2.75) is 58.3 Å². The Morgan fingerprint density at radius 1 is 1.19 bits per heavy atom. The fourth-order valence-corrected chi connectivity index (χ4v) is 6.63. The summed E-state index contributed by atoms with van der Waals surface area (Å²) in [6.45, 7) is 4.65. The van der Waals surface area contributed by atoms with E-state index in [1.54, 1.807) is 5.57 Å². The number of rotatable bonds is 3. The van der Waals surface area contributed by atoms with E-state index in [1.807, 2.05) is 12.1 Å². The summed E-state index contributed by atoms with van der Waals surface area (Å²) in [7, 11) is -2.54. The van der Waals surface area contributed by atoms with Crippen LogP contribution in [0, 0.1) is 17.3 Å². The number of fused-ring (bicyclic) bond motifs is 5. The number of benzene rings is 1. The molecule has 4 rings (SSSR count). The number of hydrogen-bond donors (Lipinski definition) is 1. The van der Waals surface area contributed by atoms with E-state index in [1.165, 1.54) is 43.9 Å². The van der Waals surface area contributed by atoms with Gasteiger partial charge in [-0.2, -0.15) is 13.6 Å². The average molecular weight is 392 g/mol. The van der Waals surface area contributed by atoms with Crippen LogP contribution in [-0.2, 0) is 16.7 Å². The number of ether oxygens (including phenoxy) is 1. The largest absolute Gasteiger partial charge is 0.493 e. The molecule has 148 valence electrons. The molecule has 3 aliphatic rings. The first-order valence-corrected chi connectivity index (χ1v) is 11.3. The van der Waals surface area contributed by atoms with Gasteiger partial charge in [0.2, 0.25) is 0 Å². The summed E-state index contributed by atoms with van der Waals surface area (Å²) >= 11 is 0. The molecule has 1 aromatic carbocycles. The standard InChI is InChI=1S/C21H29NO4S/c1-4-14-6-8-18-16-7-5-13-11-20(26-27(22,23)24)19(25-3)12-17(13)15(16)9-10-21(14,18)2/h4,11-12,15-16,18H,5-10H2,1-3H3,(H2,22,23,24)/b14-4-/t15?,16?,18?,21-/m1/s1. The van der Waals surface area contributed by atoms with Crippen LogP contribution in [-0.4, -0.2) is 15.5 Å². The van der Waals surface area contributed by atoms with E-state index in [0.717, 1.165) is 18.8 Å². The minimum absolute atomic E-state index is 0.190. The van der Waals surface area contributed by atoms with Crippen molar-refractivity contribution in [3.05, 3.63) is 34.9 Å². The van der Waals surface area contributed by atoms with E-state index >= 15 is 0 Å². The van der Waals surface area contributed by atoms with E-state index in [4.69, 9.17) is 14.1 Å². The Kier molecular flexibility index (Phi) is 4.54. The predicted molar refractivity (Wildman–Crippen MR) is 105 cm³/mol. The predicted octanol–water partition coefficient (Wildman–Crippen LogP) is 4.08. The van der Waals surface area contributed by atoms with Crippen LogP contribution in [0.25, 0.3) is 0 Å². The van der Waals surface area contributed by atoms with E-state index < -0.39 is 10.3 Å². The smallest absolute Gasteiger partial charge is 0.380 e. The molecule has 27 heavy (non-hydrogen) atoms. The maximum absolute atomic E-state index is 11.4. The Labute approximate surface area is 162 Å². The quantitative estimate of drug-likeness (QED) is 0.788. The lowest BCUT2D eigenvalue weighted by molar-refractivity contribution is 0.0812. The first-order valence-electron chi connectivity index (χ1n) is 9.85. The molecule has 0 spiro atoms. The van der Waals surface area contributed by atoms with Crippen LogP contribution in [0.2, 0.25) is 0 Å². The van der Waals surface area contributed by atoms with E-state index in [0.29, 0.717) is 23.0 Å². The summed E-state index contributed by atoms with van der Waals surface area (Å²) in [6, 6.07) is 3.80. The molecular formula is C21H29NO4S. The molecular weight excluding hydrogens is 362 g/mol. The SMILES string of the molecule is C/C=C1/CCC2C3CCc4cc(OS(N)(=O)=O)c(OC)cc4C3CC[C@]12C. The Morgan fingerprint density at radius 2 is 1.96 bits per heavy atom. The van der Waals surface area contributed by atoms with Crippen LogP contribution >= 0.6 is 0 Å². The lowest BCUT2D eigenvalue weighted by Crippen LogP contribution is -2.40. The van der Waals surface area contributed by atoms with E-state index in [2.05, 4.69) is 19.9 Å². The maximum Gasteiger partial charge on any atom is 0.380 e. The van der Waals surface area contributed by atoms with Gasteiger partial charge in [0.1, 0.15) is 0 Å². The van der Waals surface area contributed by atoms with E-state index in [-0.39, 0.29) is 5.75 Å². The third-order valence-corrected chi connectivity index (χ3v) is 7.82. The van der Waals surface area contributed by atoms with Crippen LogP contribution in [0.15, 0.2) is 23.8 Å². The highest BCUT2D eigenvalue weighted by molar-refractivity contribution is 7.84. The molecule has 0 amide bonds. The van der Waals surface area contributed by atoms with Crippen LogP contribution in [0.3, 0.4) is 0 Å². The number of hydrogen-bond acceptors (Lipinski definition) is 4. The van der Waals surface area contributed by atoms with Gasteiger partial charge in [-0.3, -0.25) is 0 Å². The van der Waals surface area contributed by atoms with Crippen LogP contribution < -0.4 is 14.1 Å². The molecule has 0 saturated heterocycles. The van der Waals surface area contributed by atoms with Gasteiger partial charge < -0.3 is 8.92 Å². The lowest BCUT2D eigenvalue weighted by atomic mass is 9.55. The van der Waals surface area contributed by atoms with Gasteiger partial charge >= 0.3 is 10.3 Å². The topological polar surface area (TPSA) is 78.6 Å². The third-order valence-electron chi connectivity index (χ3n) is 7.41. The first-order chi connectivity index (χ1) is 12.8. The maximum atomic E-state index is 11.4. The Morgan fingerprint density at radius 3 is 2.63 bits per heavy atom. The minimum Gasteiger partial charge on any atom is -0.493 e. The summed E-state index contributed by atoms with van der Waals surface area (Å²) in [5, 5.41) is 5.06. The number of allylic oxidation sites excluding steroid dienone is 2. The second-order valence-electron chi connectivity index (χ2n) is 8.50. The fourth-order valence-electron chi connectivity index (χ4n) is 6.25. The Balaban J connectivity index is 1.71. The van der Waals surface area contributed by atoms with Crippen molar-refractivity contribution in [1.82, 2.24) is 0 Å². The van der Waals surface area contributed by atoms with Crippen molar-refractivity contribution in [2.75, 3.05) is 7.11 Å². The molecule has 0 heterocycles. The normalized spacial score (nSPS) is 33.9. The monoisotopic (exact) mass is 391 g/mol. The highest BCUT2D eigenvalue weighted by Gasteiger charge is 2.52. The molecule has 1 aromatic rings. The van der Waals surface area contributed by atoms with Crippen LogP contribution in [0.4, 0.5) is 0 Å². The molecule has 0 aliphatic heterocycles. The minimum atomic E-state index is -4.07. The van der Waals surface area contributed by atoms with Crippen LogP contribution in [0.1, 0.15) is 63.0 Å². The summed E-state index contributed by atoms with van der Waals surface area (Å²) in [4.78, 5) is 0. The molecule has 0 bridgehead atoms. The van der Waals surface area contributed by atoms with Crippen molar-refractivity contribution in [2.24, 2.45) is 22.4 Å². The molecule has 2 fully saturated rings. The molecule has 3 unspecified atom stereocenters. The average Bonchev–Trinajstić information content (AvgIpc) is 2.95. The zero-order valence-electron chi connectivity index (χ0n) is 16.3. The van der Waals surface area contributed by atoms with E-state index in [9.17, 15) is 8.42 Å². The zero-order chi connectivity index (χ0) is 19.4. The second kappa shape index (κ2) is 6.52. The first kappa shape index (κ1) is 18.8. The molecule has 0 radical (unpaired) electrons. The van der Waals surface area contributed by atoms with Gasteiger partial charge in [0, 0.05) is 0 Å². The zero-order valence-corrected chi connectivity index (χ0v) is 17.1. The van der Waals surface area contributed by atoms with Crippen LogP contribution in [0.5, 0.6) is 11.5 Å². The van der Waals surface area contributed by atoms with Gasteiger partial charge in [-0.25, -0.2) is 0 Å². The number of aryl methyl sites for hydroxylation is 1. The van der Waals surface area contributed by atoms with Crippen molar-refractivity contribution < 1.29 is 17.3 Å². The lowest BCUT2D eigenvalue weighted by Gasteiger charge is -2.49. The molecule has 3 aliphatic carbocycles.